The van der Waals surface area contributed by atoms with E-state index in [1.54, 1.807) is 11.1 Å². The summed E-state index contributed by atoms with van der Waals surface area (Å²) >= 11 is 0. The first-order chi connectivity index (χ1) is 8.46. The minimum Gasteiger partial charge on any atom is -0.477 e. The summed E-state index contributed by atoms with van der Waals surface area (Å²) in [5, 5.41) is 9.17. The summed E-state index contributed by atoms with van der Waals surface area (Å²) in [5.41, 5.74) is 1.39. The number of nitrogens with one attached hydrogen (secondary N) is 1. The van der Waals surface area contributed by atoms with Crippen LogP contribution in [-0.2, 0) is 4.79 Å². The number of hydrogen-bond donors (Lipinski definition) is 2. The number of amides is 1. The van der Waals surface area contributed by atoms with E-state index in [9.17, 15) is 14.7 Å². The summed E-state index contributed by atoms with van der Waals surface area (Å²) in [6.07, 6.45) is 3.76. The average molecular weight is 249 g/mol. The zero-order chi connectivity index (χ0) is 13.1. The third-order valence-electron chi connectivity index (χ3n) is 4.05. The third-order valence-corrected chi connectivity index (χ3v) is 4.05. The molecule has 6 nitrogen and oxygen atoms in total. The van der Waals surface area contributed by atoms with Crippen LogP contribution in [0.5, 0.6) is 0 Å². The Balaban J connectivity index is 2.16. The second-order valence-corrected chi connectivity index (χ2v) is 5.09. The number of carbonyl (C=O) groups is 2. The maximum absolute atomic E-state index is 11.8. The van der Waals surface area contributed by atoms with Crippen molar-refractivity contribution < 1.29 is 14.7 Å². The van der Waals surface area contributed by atoms with E-state index in [2.05, 4.69) is 9.88 Å². The molecule has 2 aliphatic rings. The van der Waals surface area contributed by atoms with Crippen molar-refractivity contribution in [3.8, 4) is 0 Å². The second-order valence-electron chi connectivity index (χ2n) is 5.09. The number of nitrogens with zero attached hydrogens (tertiary/aromatic N) is 2. The minimum atomic E-state index is -1.04. The van der Waals surface area contributed by atoms with Gasteiger partial charge in [-0.1, -0.05) is 0 Å². The molecule has 1 aliphatic heterocycles. The van der Waals surface area contributed by atoms with Crippen molar-refractivity contribution in [1.82, 2.24) is 4.98 Å². The van der Waals surface area contributed by atoms with E-state index in [0.717, 1.165) is 18.5 Å². The topological polar surface area (TPSA) is 76.6 Å². The Kier molecular flexibility index (Phi) is 2.03. The molecule has 1 amide bonds. The number of aromatic carboxylic acids is 1. The van der Waals surface area contributed by atoms with Gasteiger partial charge in [-0.15, -0.1) is 0 Å². The number of hydrogen-bond acceptors (Lipinski definition) is 3. The van der Waals surface area contributed by atoms with Gasteiger partial charge in [0.05, 0.1) is 11.2 Å². The Morgan fingerprint density at radius 3 is 2.61 bits per heavy atom. The van der Waals surface area contributed by atoms with Gasteiger partial charge >= 0.3 is 5.97 Å². The van der Waals surface area contributed by atoms with Gasteiger partial charge in [-0.2, -0.15) is 0 Å². The number of rotatable bonds is 1. The molecule has 6 heteroatoms. The van der Waals surface area contributed by atoms with Gasteiger partial charge in [0, 0.05) is 26.7 Å². The zero-order valence-electron chi connectivity index (χ0n) is 10.4. The van der Waals surface area contributed by atoms with Crippen LogP contribution < -0.4 is 9.80 Å². The lowest BCUT2D eigenvalue weighted by Gasteiger charge is -2.40. The fourth-order valence-corrected chi connectivity index (χ4v) is 2.74. The van der Waals surface area contributed by atoms with E-state index in [1.165, 1.54) is 6.92 Å². The predicted molar refractivity (Wildman–Crippen MR) is 66.1 cm³/mol. The van der Waals surface area contributed by atoms with E-state index in [4.69, 9.17) is 0 Å². The molecule has 1 aromatic rings. The van der Waals surface area contributed by atoms with E-state index in [0.29, 0.717) is 12.2 Å². The first kappa shape index (κ1) is 11.1. The van der Waals surface area contributed by atoms with Crippen LogP contribution in [0.15, 0.2) is 6.20 Å². The molecule has 0 aromatic carbocycles. The smallest absolute Gasteiger partial charge is 0.354 e. The van der Waals surface area contributed by atoms with Crippen LogP contribution in [0, 0.1) is 0 Å². The number of H-pyrrole nitrogens is 1. The second kappa shape index (κ2) is 3.28. The maximum Gasteiger partial charge on any atom is 0.354 e. The van der Waals surface area contributed by atoms with E-state index < -0.39 is 5.97 Å². The van der Waals surface area contributed by atoms with Crippen molar-refractivity contribution in [2.75, 3.05) is 23.4 Å². The average Bonchev–Trinajstić information content (AvgIpc) is 2.92. The summed E-state index contributed by atoms with van der Waals surface area (Å²) in [7, 11) is 1.96. The van der Waals surface area contributed by atoms with Crippen molar-refractivity contribution in [2.45, 2.75) is 25.3 Å². The molecule has 18 heavy (non-hydrogen) atoms. The van der Waals surface area contributed by atoms with Gasteiger partial charge in [-0.05, 0) is 12.8 Å². The van der Waals surface area contributed by atoms with Crippen molar-refractivity contribution in [3.05, 3.63) is 11.9 Å². The molecule has 0 radical (unpaired) electrons. The van der Waals surface area contributed by atoms with Gasteiger partial charge in [0.2, 0.25) is 5.91 Å². The molecule has 1 fully saturated rings. The van der Waals surface area contributed by atoms with Gasteiger partial charge in [0.25, 0.3) is 0 Å². The molecule has 1 aromatic heterocycles. The molecular formula is C12H15N3O3. The van der Waals surface area contributed by atoms with Gasteiger partial charge in [0.1, 0.15) is 5.69 Å². The maximum atomic E-state index is 11.8. The predicted octanol–water partition coefficient (Wildman–Crippen LogP) is 1.05. The first-order valence-corrected chi connectivity index (χ1v) is 5.93. The molecule has 2 heterocycles. The number of carbonyl (C=O) groups excluding carboxylic acids is 1. The molecule has 3 rings (SSSR count). The lowest BCUT2D eigenvalue weighted by atomic mass is 10.1. The molecule has 0 unspecified atom stereocenters. The normalized spacial score (nSPS) is 19.9. The SMILES string of the molecule is CC(=O)N1CC2(CC2)N(C)c2c[nH]c(C(=O)O)c21. The van der Waals surface area contributed by atoms with Crippen LogP contribution >= 0.6 is 0 Å². The minimum absolute atomic E-state index is 0.0106. The van der Waals surface area contributed by atoms with Gasteiger partial charge in [-0.3, -0.25) is 4.79 Å². The quantitative estimate of drug-likeness (QED) is 0.780. The highest BCUT2D eigenvalue weighted by Crippen LogP contribution is 2.51. The van der Waals surface area contributed by atoms with Crippen LogP contribution in [0.4, 0.5) is 11.4 Å². The number of anilines is 2. The standard InChI is InChI=1S/C12H15N3O3/c1-7(16)15-6-12(3-4-12)14(2)8-5-13-9(10(8)15)11(17)18/h5,13H,3-4,6H2,1-2H3,(H,17,18). The number of aromatic amines is 1. The molecule has 0 atom stereocenters. The van der Waals surface area contributed by atoms with E-state index >= 15 is 0 Å². The lowest BCUT2D eigenvalue weighted by Crippen LogP contribution is -2.50. The molecule has 1 aliphatic carbocycles. The van der Waals surface area contributed by atoms with E-state index in [1.807, 2.05) is 7.05 Å². The lowest BCUT2D eigenvalue weighted by molar-refractivity contribution is -0.116. The Labute approximate surface area is 104 Å². The summed E-state index contributed by atoms with van der Waals surface area (Å²) in [5.74, 6) is -1.15. The van der Waals surface area contributed by atoms with Crippen molar-refractivity contribution >= 4 is 23.3 Å². The van der Waals surface area contributed by atoms with E-state index in [-0.39, 0.29) is 17.1 Å². The number of likely N-dealkylation sites (N-methyl/N-ethyl adjacent to an activating group) is 1. The molecule has 0 bridgehead atoms. The molecule has 2 N–H and O–H groups in total. The highest BCUT2D eigenvalue weighted by Gasteiger charge is 2.53. The van der Waals surface area contributed by atoms with Crippen LogP contribution in [0.25, 0.3) is 0 Å². The highest BCUT2D eigenvalue weighted by atomic mass is 16.4. The fraction of sp³-hybridized carbons (Fsp3) is 0.500. The highest BCUT2D eigenvalue weighted by molar-refractivity contribution is 6.05. The third kappa shape index (κ3) is 1.28. The van der Waals surface area contributed by atoms with Gasteiger partial charge in [0.15, 0.2) is 5.69 Å². The molecular weight excluding hydrogens is 234 g/mol. The largest absolute Gasteiger partial charge is 0.477 e. The van der Waals surface area contributed by atoms with Crippen LogP contribution in [0.1, 0.15) is 30.3 Å². The van der Waals surface area contributed by atoms with Crippen LogP contribution in [0.3, 0.4) is 0 Å². The Bertz CT molecular complexity index is 545. The summed E-state index contributed by atoms with van der Waals surface area (Å²) in [4.78, 5) is 29.4. The van der Waals surface area contributed by atoms with Crippen LogP contribution in [0.2, 0.25) is 0 Å². The van der Waals surface area contributed by atoms with Crippen molar-refractivity contribution in [1.29, 1.82) is 0 Å². The van der Waals surface area contributed by atoms with Crippen molar-refractivity contribution in [2.24, 2.45) is 0 Å². The molecule has 1 spiro atoms. The monoisotopic (exact) mass is 249 g/mol. The van der Waals surface area contributed by atoms with Crippen LogP contribution in [-0.4, -0.2) is 41.1 Å². The van der Waals surface area contributed by atoms with Crippen molar-refractivity contribution in [3.63, 3.8) is 0 Å². The summed E-state index contributed by atoms with van der Waals surface area (Å²) in [6.45, 7) is 2.05. The molecule has 1 saturated carbocycles. The zero-order valence-corrected chi connectivity index (χ0v) is 10.4. The van der Waals surface area contributed by atoms with Gasteiger partial charge in [-0.25, -0.2) is 4.79 Å². The number of fused-ring (bicyclic) bond motifs is 1. The Morgan fingerprint density at radius 1 is 1.44 bits per heavy atom. The fourth-order valence-electron chi connectivity index (χ4n) is 2.74. The first-order valence-electron chi connectivity index (χ1n) is 5.93. The number of carboxylic acids is 1. The summed E-state index contributed by atoms with van der Waals surface area (Å²) in [6, 6.07) is 0. The molecule has 96 valence electrons. The Hall–Kier alpha value is -1.98. The number of aromatic nitrogens is 1. The Morgan fingerprint density at radius 2 is 2.11 bits per heavy atom. The number of carboxylic acid groups (broad SMARTS) is 1. The van der Waals surface area contributed by atoms with Gasteiger partial charge < -0.3 is 19.9 Å². The summed E-state index contributed by atoms with van der Waals surface area (Å²) < 4.78 is 0. The molecule has 0 saturated heterocycles.